The van der Waals surface area contributed by atoms with Gasteiger partial charge in [-0.05, 0) is 24.3 Å². The van der Waals surface area contributed by atoms with Crippen LogP contribution in [0.5, 0.6) is 0 Å². The molecule has 154 valence electrons. The summed E-state index contributed by atoms with van der Waals surface area (Å²) in [4.78, 5) is 25.7. The number of aryl methyl sites for hydroxylation is 1. The summed E-state index contributed by atoms with van der Waals surface area (Å²) < 4.78 is 23.8. The van der Waals surface area contributed by atoms with E-state index in [1.807, 2.05) is 6.07 Å². The molecule has 0 aromatic carbocycles. The number of amides is 1. The fourth-order valence-corrected chi connectivity index (χ4v) is 3.00. The van der Waals surface area contributed by atoms with Crippen molar-refractivity contribution < 1.29 is 23.2 Å². The van der Waals surface area contributed by atoms with Gasteiger partial charge >= 0.3 is 8.25 Å². The number of nitrogens with zero attached hydrogens (tertiary/aromatic N) is 5. The van der Waals surface area contributed by atoms with Crippen LogP contribution >= 0.6 is 8.25 Å². The molecule has 0 aliphatic rings. The first-order valence-electron chi connectivity index (χ1n) is 8.74. The molecule has 0 radical (unpaired) electrons. The largest absolute Gasteiger partial charge is 0.451 e. The monoisotopic (exact) mass is 428 g/mol. The van der Waals surface area contributed by atoms with Crippen molar-refractivity contribution in [3.8, 4) is 22.7 Å². The fourth-order valence-electron chi connectivity index (χ4n) is 2.75. The van der Waals surface area contributed by atoms with Crippen LogP contribution in [0.1, 0.15) is 10.6 Å². The van der Waals surface area contributed by atoms with Crippen molar-refractivity contribution in [2.45, 2.75) is 6.73 Å². The first kappa shape index (κ1) is 19.8. The van der Waals surface area contributed by atoms with Crippen molar-refractivity contribution in [1.29, 1.82) is 0 Å². The van der Waals surface area contributed by atoms with E-state index >= 15 is 0 Å². The molecular formula is C18H17N6O5P. The highest BCUT2D eigenvalue weighted by atomic mass is 31.1. The number of hydrogen-bond acceptors (Lipinski definition) is 7. The molecule has 0 spiro atoms. The zero-order chi connectivity index (χ0) is 21.1. The smallest absolute Gasteiger partial charge is 0.318 e. The molecule has 30 heavy (non-hydrogen) atoms. The molecule has 4 aromatic rings. The molecule has 0 fully saturated rings. The number of furan rings is 1. The van der Waals surface area contributed by atoms with Crippen LogP contribution < -0.4 is 5.32 Å². The SMILES string of the molecule is Cn1cc(NC(=O)c2ccc(-c3cnn(CO[PH](=O)O)c3)o2)c(-c2ccccn2)n1. The van der Waals surface area contributed by atoms with Gasteiger partial charge in [0.05, 0.1) is 23.1 Å². The summed E-state index contributed by atoms with van der Waals surface area (Å²) in [6.45, 7) is -0.167. The van der Waals surface area contributed by atoms with E-state index < -0.39 is 14.2 Å². The molecular weight excluding hydrogens is 411 g/mol. The number of rotatable bonds is 7. The average Bonchev–Trinajstić information content (AvgIpc) is 3.46. The second kappa shape index (κ2) is 8.46. The summed E-state index contributed by atoms with van der Waals surface area (Å²) in [7, 11) is -1.29. The molecule has 0 bridgehead atoms. The van der Waals surface area contributed by atoms with E-state index in [0.717, 1.165) is 0 Å². The highest BCUT2D eigenvalue weighted by Crippen LogP contribution is 2.26. The van der Waals surface area contributed by atoms with E-state index in [1.54, 1.807) is 54.6 Å². The maximum absolute atomic E-state index is 12.7. The Morgan fingerprint density at radius 3 is 2.93 bits per heavy atom. The molecule has 12 heteroatoms. The molecule has 0 aliphatic heterocycles. The molecule has 1 unspecified atom stereocenters. The first-order chi connectivity index (χ1) is 14.5. The van der Waals surface area contributed by atoms with Crippen molar-refractivity contribution in [3.05, 3.63) is 60.9 Å². The Hall–Kier alpha value is -3.53. The number of carbonyl (C=O) groups excluding carboxylic acids is 1. The third kappa shape index (κ3) is 4.38. The van der Waals surface area contributed by atoms with Crippen LogP contribution in [0.25, 0.3) is 22.7 Å². The highest BCUT2D eigenvalue weighted by molar-refractivity contribution is 7.32. The number of aromatic nitrogens is 5. The van der Waals surface area contributed by atoms with E-state index in [0.29, 0.717) is 28.4 Å². The van der Waals surface area contributed by atoms with Gasteiger partial charge in [-0.2, -0.15) is 10.2 Å². The van der Waals surface area contributed by atoms with Gasteiger partial charge in [0.2, 0.25) is 0 Å². The minimum absolute atomic E-state index is 0.102. The maximum Gasteiger partial charge on any atom is 0.318 e. The minimum atomic E-state index is -3.04. The quantitative estimate of drug-likeness (QED) is 0.429. The normalized spacial score (nSPS) is 12.1. The van der Waals surface area contributed by atoms with Crippen molar-refractivity contribution in [3.63, 3.8) is 0 Å². The summed E-state index contributed by atoms with van der Waals surface area (Å²) in [5.74, 6) is 0.0745. The number of hydrogen-bond donors (Lipinski definition) is 2. The molecule has 4 aromatic heterocycles. The number of carbonyl (C=O) groups is 1. The molecule has 0 aliphatic carbocycles. The lowest BCUT2D eigenvalue weighted by atomic mass is 10.2. The van der Waals surface area contributed by atoms with Gasteiger partial charge in [0.15, 0.2) is 5.76 Å². The lowest BCUT2D eigenvalue weighted by molar-refractivity contribution is 0.0997. The summed E-state index contributed by atoms with van der Waals surface area (Å²) in [6.07, 6.45) is 6.41. The number of anilines is 1. The van der Waals surface area contributed by atoms with E-state index in [-0.39, 0.29) is 12.5 Å². The van der Waals surface area contributed by atoms with Crippen LogP contribution in [0, 0.1) is 0 Å². The molecule has 4 heterocycles. The van der Waals surface area contributed by atoms with Gasteiger partial charge in [0.1, 0.15) is 18.2 Å². The van der Waals surface area contributed by atoms with Gasteiger partial charge in [-0.25, -0.2) is 4.68 Å². The third-order valence-corrected chi connectivity index (χ3v) is 4.43. The molecule has 0 saturated heterocycles. The van der Waals surface area contributed by atoms with Gasteiger partial charge in [-0.3, -0.25) is 23.5 Å². The Labute approximate surface area is 170 Å². The summed E-state index contributed by atoms with van der Waals surface area (Å²) in [6, 6.07) is 8.62. The maximum atomic E-state index is 12.7. The Morgan fingerprint density at radius 1 is 1.30 bits per heavy atom. The first-order valence-corrected chi connectivity index (χ1v) is 10.0. The predicted molar refractivity (Wildman–Crippen MR) is 107 cm³/mol. The van der Waals surface area contributed by atoms with E-state index in [1.165, 1.54) is 10.9 Å². The van der Waals surface area contributed by atoms with Gasteiger partial charge in [0, 0.05) is 25.6 Å². The molecule has 0 saturated carbocycles. The molecule has 4 rings (SSSR count). The van der Waals surface area contributed by atoms with Crippen molar-refractivity contribution in [2.75, 3.05) is 5.32 Å². The van der Waals surface area contributed by atoms with Gasteiger partial charge in [0.25, 0.3) is 5.91 Å². The Balaban J connectivity index is 1.50. The number of nitrogens with one attached hydrogen (secondary N) is 1. The van der Waals surface area contributed by atoms with Crippen molar-refractivity contribution in [2.24, 2.45) is 7.05 Å². The van der Waals surface area contributed by atoms with Crippen LogP contribution in [-0.2, 0) is 22.9 Å². The predicted octanol–water partition coefficient (Wildman–Crippen LogP) is 2.55. The molecule has 1 amide bonds. The van der Waals surface area contributed by atoms with Crippen LogP contribution in [0.4, 0.5) is 5.69 Å². The zero-order valence-corrected chi connectivity index (χ0v) is 16.7. The third-order valence-electron chi connectivity index (χ3n) is 4.05. The van der Waals surface area contributed by atoms with Crippen LogP contribution in [-0.4, -0.2) is 35.3 Å². The fraction of sp³-hybridized carbons (Fsp3) is 0.111. The van der Waals surface area contributed by atoms with Crippen LogP contribution in [0.3, 0.4) is 0 Å². The second-order valence-electron chi connectivity index (χ2n) is 6.21. The molecule has 1 atom stereocenters. The van der Waals surface area contributed by atoms with Crippen molar-refractivity contribution in [1.82, 2.24) is 24.5 Å². The van der Waals surface area contributed by atoms with E-state index in [4.69, 9.17) is 9.31 Å². The average molecular weight is 428 g/mol. The highest BCUT2D eigenvalue weighted by Gasteiger charge is 2.18. The van der Waals surface area contributed by atoms with Crippen LogP contribution in [0.15, 0.2) is 59.5 Å². The summed E-state index contributed by atoms with van der Waals surface area (Å²) in [5, 5.41) is 11.2. The lowest BCUT2D eigenvalue weighted by Crippen LogP contribution is -2.11. The molecule has 2 N–H and O–H groups in total. The Morgan fingerprint density at radius 2 is 2.17 bits per heavy atom. The van der Waals surface area contributed by atoms with Crippen LogP contribution in [0.2, 0.25) is 0 Å². The number of pyridine rings is 1. The van der Waals surface area contributed by atoms with E-state index in [9.17, 15) is 9.36 Å². The lowest BCUT2D eigenvalue weighted by Gasteiger charge is -2.03. The van der Waals surface area contributed by atoms with E-state index in [2.05, 4.69) is 25.0 Å². The summed E-state index contributed by atoms with van der Waals surface area (Å²) in [5.41, 5.74) is 2.27. The summed E-state index contributed by atoms with van der Waals surface area (Å²) >= 11 is 0. The Kier molecular flexibility index (Phi) is 5.57. The van der Waals surface area contributed by atoms with Gasteiger partial charge in [-0.15, -0.1) is 0 Å². The Bertz CT molecular complexity index is 1200. The zero-order valence-electron chi connectivity index (χ0n) is 15.7. The topological polar surface area (TPSA) is 137 Å². The van der Waals surface area contributed by atoms with Crippen molar-refractivity contribution >= 4 is 19.8 Å². The standard InChI is InChI=1S/C18H17N6O5P/c1-23-10-14(17(22-23)13-4-2-3-7-19-13)21-18(25)16-6-5-15(29-16)12-8-20-24(9-12)11-28-30(26)27/h2-10,30H,11H2,1H3,(H,21,25)(H,26,27). The van der Waals surface area contributed by atoms with Gasteiger partial charge < -0.3 is 14.6 Å². The second-order valence-corrected chi connectivity index (χ2v) is 7.03. The minimum Gasteiger partial charge on any atom is -0.451 e. The van der Waals surface area contributed by atoms with Gasteiger partial charge in [-0.1, -0.05) is 6.07 Å². The molecule has 11 nitrogen and oxygen atoms in total.